The largest absolute Gasteiger partial charge is 0.491 e. The van der Waals surface area contributed by atoms with Gasteiger partial charge in [-0.1, -0.05) is 12.1 Å². The molecule has 0 N–H and O–H groups in total. The summed E-state index contributed by atoms with van der Waals surface area (Å²) in [6.07, 6.45) is -10.8. The van der Waals surface area contributed by atoms with Crippen LogP contribution in [0.4, 0.5) is 26.3 Å². The molecular formula is C10H7BrF6O. The summed E-state index contributed by atoms with van der Waals surface area (Å²) in [6, 6.07) is 5.72. The van der Waals surface area contributed by atoms with E-state index in [4.69, 9.17) is 0 Å². The molecule has 0 saturated carbocycles. The second-order valence-corrected chi connectivity index (χ2v) is 4.23. The standard InChI is InChI=1S/C10H7BrF6O/c11-6-3-1-2-4-7(6)18-5-8(9(12,13)14)10(15,16)17/h1-4,8H,5H2. The van der Waals surface area contributed by atoms with Crippen molar-refractivity contribution in [3.63, 3.8) is 0 Å². The third-order valence-corrected chi connectivity index (χ3v) is 2.69. The quantitative estimate of drug-likeness (QED) is 0.735. The molecule has 0 aliphatic heterocycles. The van der Waals surface area contributed by atoms with Crippen molar-refractivity contribution >= 4 is 15.9 Å². The van der Waals surface area contributed by atoms with Gasteiger partial charge in [0.1, 0.15) is 12.4 Å². The summed E-state index contributed by atoms with van der Waals surface area (Å²) < 4.78 is 78.1. The van der Waals surface area contributed by atoms with Crippen LogP contribution in [0.1, 0.15) is 0 Å². The summed E-state index contributed by atoms with van der Waals surface area (Å²) in [5, 5.41) is 0. The number of benzene rings is 1. The van der Waals surface area contributed by atoms with Crippen LogP contribution in [0, 0.1) is 5.92 Å². The molecule has 1 nitrogen and oxygen atoms in total. The lowest BCUT2D eigenvalue weighted by Crippen LogP contribution is -2.40. The van der Waals surface area contributed by atoms with Crippen LogP contribution in [0.15, 0.2) is 28.7 Å². The van der Waals surface area contributed by atoms with E-state index in [9.17, 15) is 26.3 Å². The summed E-state index contributed by atoms with van der Waals surface area (Å²) in [6.45, 7) is -1.50. The lowest BCUT2D eigenvalue weighted by atomic mass is 10.1. The van der Waals surface area contributed by atoms with Crippen LogP contribution in [0.3, 0.4) is 0 Å². The number of alkyl halides is 6. The van der Waals surface area contributed by atoms with Gasteiger partial charge in [-0.05, 0) is 28.1 Å². The monoisotopic (exact) mass is 336 g/mol. The average molecular weight is 337 g/mol. The fraction of sp³-hybridized carbons (Fsp3) is 0.400. The highest BCUT2D eigenvalue weighted by Gasteiger charge is 2.57. The molecule has 1 aromatic carbocycles. The Labute approximate surface area is 107 Å². The van der Waals surface area contributed by atoms with Crippen molar-refractivity contribution in [1.29, 1.82) is 0 Å². The van der Waals surface area contributed by atoms with Crippen molar-refractivity contribution in [1.82, 2.24) is 0 Å². The number of halogens is 7. The van der Waals surface area contributed by atoms with Crippen LogP contribution >= 0.6 is 15.9 Å². The Bertz CT molecular complexity index is 386. The molecule has 18 heavy (non-hydrogen) atoms. The number of para-hydroxylation sites is 1. The molecule has 8 heteroatoms. The maximum atomic E-state index is 12.2. The smallest absolute Gasteiger partial charge is 0.403 e. The highest BCUT2D eigenvalue weighted by Crippen LogP contribution is 2.39. The van der Waals surface area contributed by atoms with Gasteiger partial charge in [0, 0.05) is 0 Å². The molecule has 0 saturated heterocycles. The van der Waals surface area contributed by atoms with E-state index in [1.807, 2.05) is 0 Å². The van der Waals surface area contributed by atoms with Crippen molar-refractivity contribution in [2.75, 3.05) is 6.61 Å². The van der Waals surface area contributed by atoms with Gasteiger partial charge in [0.2, 0.25) is 0 Å². The highest BCUT2D eigenvalue weighted by atomic mass is 79.9. The van der Waals surface area contributed by atoms with E-state index in [-0.39, 0.29) is 10.2 Å². The molecule has 0 unspecified atom stereocenters. The highest BCUT2D eigenvalue weighted by molar-refractivity contribution is 9.10. The zero-order chi connectivity index (χ0) is 14.0. The normalized spacial score (nSPS) is 12.9. The topological polar surface area (TPSA) is 9.23 Å². The number of hydrogen-bond donors (Lipinski definition) is 0. The van der Waals surface area contributed by atoms with Crippen molar-refractivity contribution in [3.8, 4) is 5.75 Å². The van der Waals surface area contributed by atoms with Crippen LogP contribution in [-0.4, -0.2) is 19.0 Å². The van der Waals surface area contributed by atoms with E-state index in [1.165, 1.54) is 18.2 Å². The first-order valence-electron chi connectivity index (χ1n) is 4.63. The number of rotatable bonds is 3. The summed E-state index contributed by atoms with van der Waals surface area (Å²) in [4.78, 5) is 0. The van der Waals surface area contributed by atoms with Crippen molar-refractivity contribution in [2.45, 2.75) is 12.4 Å². The van der Waals surface area contributed by atoms with Gasteiger partial charge in [-0.3, -0.25) is 0 Å². The Balaban J connectivity index is 2.79. The van der Waals surface area contributed by atoms with Gasteiger partial charge in [-0.25, -0.2) is 0 Å². The summed E-state index contributed by atoms with van der Waals surface area (Å²) in [7, 11) is 0. The van der Waals surface area contributed by atoms with Crippen molar-refractivity contribution in [3.05, 3.63) is 28.7 Å². The zero-order valence-corrected chi connectivity index (χ0v) is 10.2. The molecule has 102 valence electrons. The molecule has 0 atom stereocenters. The molecule has 0 fully saturated rings. The molecule has 0 spiro atoms. The molecule has 0 aliphatic rings. The Hall–Kier alpha value is -0.920. The van der Waals surface area contributed by atoms with Crippen LogP contribution in [0.5, 0.6) is 5.75 Å². The van der Waals surface area contributed by atoms with Crippen LogP contribution in [-0.2, 0) is 0 Å². The minimum absolute atomic E-state index is 0.0731. The minimum Gasteiger partial charge on any atom is -0.491 e. The molecule has 0 aromatic heterocycles. The van der Waals surface area contributed by atoms with Gasteiger partial charge >= 0.3 is 12.4 Å². The van der Waals surface area contributed by atoms with E-state index < -0.39 is 24.9 Å². The third kappa shape index (κ3) is 4.08. The second kappa shape index (κ2) is 5.38. The molecule has 0 heterocycles. The van der Waals surface area contributed by atoms with E-state index in [0.717, 1.165) is 0 Å². The molecule has 1 rings (SSSR count). The van der Waals surface area contributed by atoms with Crippen molar-refractivity contribution < 1.29 is 31.1 Å². The average Bonchev–Trinajstić information content (AvgIpc) is 2.17. The minimum atomic E-state index is -5.39. The predicted octanol–water partition coefficient (Wildman–Crippen LogP) is 4.57. The van der Waals surface area contributed by atoms with Gasteiger partial charge < -0.3 is 4.74 Å². The summed E-state index contributed by atoms with van der Waals surface area (Å²) >= 11 is 2.96. The summed E-state index contributed by atoms with van der Waals surface area (Å²) in [5.74, 6) is -3.58. The number of ether oxygens (including phenoxy) is 1. The fourth-order valence-corrected chi connectivity index (χ4v) is 1.51. The lowest BCUT2D eigenvalue weighted by Gasteiger charge is -2.23. The molecule has 1 aromatic rings. The zero-order valence-electron chi connectivity index (χ0n) is 8.65. The number of hydrogen-bond acceptors (Lipinski definition) is 1. The molecule has 0 bridgehead atoms. The van der Waals surface area contributed by atoms with Gasteiger partial charge in [0.05, 0.1) is 4.47 Å². The van der Waals surface area contributed by atoms with Gasteiger partial charge in [-0.2, -0.15) is 26.3 Å². The predicted molar refractivity (Wildman–Crippen MR) is 55.2 cm³/mol. The van der Waals surface area contributed by atoms with E-state index in [1.54, 1.807) is 6.07 Å². The first-order valence-corrected chi connectivity index (χ1v) is 5.42. The van der Waals surface area contributed by atoms with Crippen LogP contribution in [0.2, 0.25) is 0 Å². The maximum Gasteiger partial charge on any atom is 0.403 e. The van der Waals surface area contributed by atoms with Gasteiger partial charge in [0.25, 0.3) is 0 Å². The van der Waals surface area contributed by atoms with Gasteiger partial charge in [-0.15, -0.1) is 0 Å². The van der Waals surface area contributed by atoms with Gasteiger partial charge in [0.15, 0.2) is 5.92 Å². The lowest BCUT2D eigenvalue weighted by molar-refractivity contribution is -0.289. The molecular weight excluding hydrogens is 330 g/mol. The van der Waals surface area contributed by atoms with E-state index in [2.05, 4.69) is 20.7 Å². The first-order chi connectivity index (χ1) is 8.12. The second-order valence-electron chi connectivity index (χ2n) is 3.38. The van der Waals surface area contributed by atoms with Crippen molar-refractivity contribution in [2.24, 2.45) is 5.92 Å². The molecule has 0 amide bonds. The Morgan fingerprint density at radius 1 is 1.00 bits per heavy atom. The third-order valence-electron chi connectivity index (χ3n) is 2.03. The van der Waals surface area contributed by atoms with Crippen LogP contribution in [0.25, 0.3) is 0 Å². The Morgan fingerprint density at radius 3 is 1.94 bits per heavy atom. The summed E-state index contributed by atoms with van der Waals surface area (Å²) in [5.41, 5.74) is 0. The fourth-order valence-electron chi connectivity index (χ4n) is 1.11. The van der Waals surface area contributed by atoms with E-state index in [0.29, 0.717) is 0 Å². The first kappa shape index (κ1) is 15.1. The maximum absolute atomic E-state index is 12.2. The molecule has 0 aliphatic carbocycles. The van der Waals surface area contributed by atoms with E-state index >= 15 is 0 Å². The Morgan fingerprint density at radius 2 is 1.50 bits per heavy atom. The Kier molecular flexibility index (Phi) is 4.52. The van der Waals surface area contributed by atoms with Crippen LogP contribution < -0.4 is 4.74 Å². The SMILES string of the molecule is FC(F)(F)C(COc1ccccc1Br)C(F)(F)F. The molecule has 0 radical (unpaired) electrons.